The van der Waals surface area contributed by atoms with Crippen molar-refractivity contribution in [1.82, 2.24) is 0 Å². The number of hydrogen-bond donors (Lipinski definition) is 0. The Morgan fingerprint density at radius 3 is 2.33 bits per heavy atom. The van der Waals surface area contributed by atoms with Crippen molar-refractivity contribution in [2.75, 3.05) is 7.11 Å². The van der Waals surface area contributed by atoms with Gasteiger partial charge in [0.2, 0.25) is 0 Å². The summed E-state index contributed by atoms with van der Waals surface area (Å²) in [5.41, 5.74) is 2.85. The van der Waals surface area contributed by atoms with Gasteiger partial charge in [0.25, 0.3) is 0 Å². The number of ether oxygens (including phenoxy) is 1. The lowest BCUT2D eigenvalue weighted by atomic mass is 9.76. The second-order valence-corrected chi connectivity index (χ2v) is 6.37. The van der Waals surface area contributed by atoms with Crippen molar-refractivity contribution in [3.8, 4) is 5.75 Å². The van der Waals surface area contributed by atoms with Crippen molar-refractivity contribution in [3.05, 3.63) is 54.1 Å². The zero-order valence-electron chi connectivity index (χ0n) is 13.1. The Bertz CT molecular complexity index is 648. The number of allylic oxidation sites excluding steroid dienone is 1. The van der Waals surface area contributed by atoms with Crippen LogP contribution in [0.1, 0.15) is 44.1 Å². The van der Waals surface area contributed by atoms with E-state index in [0.29, 0.717) is 5.92 Å². The first-order valence-corrected chi connectivity index (χ1v) is 7.90. The molecule has 1 saturated carbocycles. The molecule has 3 rings (SSSR count). The van der Waals surface area contributed by atoms with Crippen molar-refractivity contribution in [3.63, 3.8) is 0 Å². The monoisotopic (exact) mass is 280 g/mol. The van der Waals surface area contributed by atoms with E-state index in [-0.39, 0.29) is 0 Å². The van der Waals surface area contributed by atoms with Gasteiger partial charge in [-0.2, -0.15) is 0 Å². The molecule has 1 heteroatoms. The van der Waals surface area contributed by atoms with E-state index in [2.05, 4.69) is 43.8 Å². The molecular formula is C20H24O. The third kappa shape index (κ3) is 2.97. The Labute approximate surface area is 127 Å². The van der Waals surface area contributed by atoms with E-state index in [1.54, 1.807) is 7.11 Å². The SMILES string of the molecule is C=C(C)C1CCC(c2ccc3cc(OC)ccc3c2)CC1. The summed E-state index contributed by atoms with van der Waals surface area (Å²) in [6.07, 6.45) is 5.17. The van der Waals surface area contributed by atoms with Gasteiger partial charge < -0.3 is 4.74 Å². The Morgan fingerprint density at radius 2 is 1.67 bits per heavy atom. The molecule has 1 aliphatic carbocycles. The summed E-state index contributed by atoms with van der Waals surface area (Å²) in [7, 11) is 1.72. The molecule has 0 N–H and O–H groups in total. The van der Waals surface area contributed by atoms with Crippen molar-refractivity contribution < 1.29 is 4.74 Å². The topological polar surface area (TPSA) is 9.23 Å². The summed E-state index contributed by atoms with van der Waals surface area (Å²) in [6, 6.07) is 13.2. The molecular weight excluding hydrogens is 256 g/mol. The zero-order chi connectivity index (χ0) is 14.8. The number of fused-ring (bicyclic) bond motifs is 1. The Morgan fingerprint density at radius 1 is 1.00 bits per heavy atom. The van der Waals surface area contributed by atoms with Gasteiger partial charge in [0.15, 0.2) is 0 Å². The van der Waals surface area contributed by atoms with Gasteiger partial charge in [-0.1, -0.05) is 36.4 Å². The van der Waals surface area contributed by atoms with Gasteiger partial charge in [0, 0.05) is 0 Å². The molecule has 0 radical (unpaired) electrons. The first-order chi connectivity index (χ1) is 10.2. The first kappa shape index (κ1) is 14.2. The van der Waals surface area contributed by atoms with Crippen LogP contribution in [0, 0.1) is 5.92 Å². The highest BCUT2D eigenvalue weighted by molar-refractivity contribution is 5.84. The van der Waals surface area contributed by atoms with E-state index in [1.807, 2.05) is 6.07 Å². The van der Waals surface area contributed by atoms with E-state index >= 15 is 0 Å². The third-order valence-electron chi connectivity index (χ3n) is 4.97. The molecule has 0 aliphatic heterocycles. The van der Waals surface area contributed by atoms with Crippen LogP contribution >= 0.6 is 0 Å². The predicted octanol–water partition coefficient (Wildman–Crippen LogP) is 5.70. The predicted molar refractivity (Wildman–Crippen MR) is 90.0 cm³/mol. The summed E-state index contributed by atoms with van der Waals surface area (Å²) in [5.74, 6) is 2.38. The highest BCUT2D eigenvalue weighted by atomic mass is 16.5. The molecule has 0 atom stereocenters. The fraction of sp³-hybridized carbons (Fsp3) is 0.400. The molecule has 1 fully saturated rings. The molecule has 1 nitrogen and oxygen atoms in total. The average molecular weight is 280 g/mol. The van der Waals surface area contributed by atoms with E-state index in [9.17, 15) is 0 Å². The maximum atomic E-state index is 5.29. The van der Waals surface area contributed by atoms with Gasteiger partial charge in [-0.3, -0.25) is 0 Å². The van der Waals surface area contributed by atoms with Gasteiger partial charge in [0.1, 0.15) is 5.75 Å². The Balaban J connectivity index is 1.80. The van der Waals surface area contributed by atoms with Crippen LogP contribution in [0.25, 0.3) is 10.8 Å². The van der Waals surface area contributed by atoms with E-state index in [0.717, 1.165) is 11.7 Å². The summed E-state index contributed by atoms with van der Waals surface area (Å²) >= 11 is 0. The van der Waals surface area contributed by atoms with Crippen molar-refractivity contribution in [1.29, 1.82) is 0 Å². The molecule has 0 bridgehead atoms. The minimum Gasteiger partial charge on any atom is -0.497 e. The summed E-state index contributed by atoms with van der Waals surface area (Å²) in [6.45, 7) is 6.30. The van der Waals surface area contributed by atoms with Crippen LogP contribution in [-0.4, -0.2) is 7.11 Å². The maximum absolute atomic E-state index is 5.29. The van der Waals surface area contributed by atoms with E-state index in [1.165, 1.54) is 47.6 Å². The number of rotatable bonds is 3. The highest BCUT2D eigenvalue weighted by Crippen LogP contribution is 2.39. The fourth-order valence-corrected chi connectivity index (χ4v) is 3.54. The Hall–Kier alpha value is -1.76. The minimum absolute atomic E-state index is 0.715. The van der Waals surface area contributed by atoms with E-state index in [4.69, 9.17) is 4.74 Å². The molecule has 110 valence electrons. The molecule has 0 amide bonds. The number of hydrogen-bond acceptors (Lipinski definition) is 1. The summed E-state index contributed by atoms with van der Waals surface area (Å²) in [4.78, 5) is 0. The maximum Gasteiger partial charge on any atom is 0.119 e. The third-order valence-corrected chi connectivity index (χ3v) is 4.97. The quantitative estimate of drug-likeness (QED) is 0.655. The molecule has 21 heavy (non-hydrogen) atoms. The first-order valence-electron chi connectivity index (χ1n) is 7.90. The minimum atomic E-state index is 0.715. The van der Waals surface area contributed by atoms with Crippen molar-refractivity contribution in [2.24, 2.45) is 5.92 Å². The molecule has 0 unspecified atom stereocenters. The molecule has 2 aromatic carbocycles. The van der Waals surface area contributed by atoms with Crippen LogP contribution in [0.15, 0.2) is 48.6 Å². The molecule has 0 spiro atoms. The molecule has 0 heterocycles. The van der Waals surface area contributed by atoms with Crippen molar-refractivity contribution >= 4 is 10.8 Å². The second-order valence-electron chi connectivity index (χ2n) is 6.37. The number of methoxy groups -OCH3 is 1. The molecule has 2 aromatic rings. The van der Waals surface area contributed by atoms with Crippen LogP contribution in [0.3, 0.4) is 0 Å². The smallest absolute Gasteiger partial charge is 0.119 e. The van der Waals surface area contributed by atoms with Gasteiger partial charge in [0.05, 0.1) is 7.11 Å². The Kier molecular flexibility index (Phi) is 4.01. The van der Waals surface area contributed by atoms with Crippen LogP contribution in [0.2, 0.25) is 0 Å². The lowest BCUT2D eigenvalue weighted by Crippen LogP contribution is -2.13. The molecule has 1 aliphatic rings. The molecule has 0 aromatic heterocycles. The normalized spacial score (nSPS) is 22.2. The van der Waals surface area contributed by atoms with Crippen molar-refractivity contribution in [2.45, 2.75) is 38.5 Å². The average Bonchev–Trinajstić information content (AvgIpc) is 2.54. The molecule has 0 saturated heterocycles. The number of benzene rings is 2. The standard InChI is InChI=1S/C20H24O/c1-14(2)15-4-6-16(7-5-15)17-8-9-19-13-20(21-3)11-10-18(19)12-17/h8-13,15-16H,1,4-7H2,2-3H3. The van der Waals surface area contributed by atoms with Gasteiger partial charge in [-0.05, 0) is 72.9 Å². The van der Waals surface area contributed by atoms with Gasteiger partial charge >= 0.3 is 0 Å². The largest absolute Gasteiger partial charge is 0.497 e. The highest BCUT2D eigenvalue weighted by Gasteiger charge is 2.22. The summed E-state index contributed by atoms with van der Waals surface area (Å²) in [5, 5.41) is 2.57. The lowest BCUT2D eigenvalue weighted by Gasteiger charge is -2.29. The second kappa shape index (κ2) is 5.93. The summed E-state index contributed by atoms with van der Waals surface area (Å²) < 4.78 is 5.29. The van der Waals surface area contributed by atoms with Crippen LogP contribution in [0.5, 0.6) is 5.75 Å². The lowest BCUT2D eigenvalue weighted by molar-refractivity contribution is 0.363. The van der Waals surface area contributed by atoms with Gasteiger partial charge in [-0.15, -0.1) is 0 Å². The van der Waals surface area contributed by atoms with Crippen LogP contribution in [0.4, 0.5) is 0 Å². The van der Waals surface area contributed by atoms with Crippen LogP contribution < -0.4 is 4.74 Å². The van der Waals surface area contributed by atoms with Gasteiger partial charge in [-0.25, -0.2) is 0 Å². The fourth-order valence-electron chi connectivity index (χ4n) is 3.54. The zero-order valence-corrected chi connectivity index (χ0v) is 13.1. The van der Waals surface area contributed by atoms with E-state index < -0.39 is 0 Å². The van der Waals surface area contributed by atoms with Crippen LogP contribution in [-0.2, 0) is 0 Å².